The summed E-state index contributed by atoms with van der Waals surface area (Å²) in [6.45, 7) is 0.275. The quantitative estimate of drug-likeness (QED) is 0.626. The predicted molar refractivity (Wildman–Crippen MR) is 75.0 cm³/mol. The van der Waals surface area contributed by atoms with E-state index in [1.54, 1.807) is 11.9 Å². The number of hydrazine groups is 1. The lowest BCUT2D eigenvalue weighted by Gasteiger charge is -2.20. The highest BCUT2D eigenvalue weighted by Gasteiger charge is 2.14. The lowest BCUT2D eigenvalue weighted by Crippen LogP contribution is -2.26. The third kappa shape index (κ3) is 4.16. The molecule has 0 fully saturated rings. The number of nitrogens with one attached hydrogen (secondary N) is 1. The van der Waals surface area contributed by atoms with Crippen molar-refractivity contribution in [3.05, 3.63) is 16.1 Å². The Morgan fingerprint density at radius 1 is 1.44 bits per heavy atom. The third-order valence-electron chi connectivity index (χ3n) is 2.21. The fraction of sp³-hybridized carbons (Fsp3) is 0.444. The summed E-state index contributed by atoms with van der Waals surface area (Å²) in [6, 6.07) is 1.50. The first kappa shape index (κ1) is 15.3. The number of sulfone groups is 1. The molecule has 102 valence electrons. The molecular weight excluding hydrogens is 299 g/mol. The van der Waals surface area contributed by atoms with Crippen molar-refractivity contribution in [1.29, 1.82) is 0 Å². The Balaban J connectivity index is 2.95. The largest absolute Gasteiger partial charge is 0.357 e. The number of pyridine rings is 1. The monoisotopic (exact) mass is 312 g/mol. The molecular formula is C9H14Cl2N4O2S. The minimum absolute atomic E-state index is 0.00945. The maximum Gasteiger partial charge on any atom is 0.161 e. The van der Waals surface area contributed by atoms with Gasteiger partial charge in [-0.15, -0.1) is 0 Å². The number of anilines is 2. The van der Waals surface area contributed by atoms with Gasteiger partial charge in [-0.05, 0) is 6.07 Å². The van der Waals surface area contributed by atoms with Crippen LogP contribution in [-0.2, 0) is 9.84 Å². The van der Waals surface area contributed by atoms with Gasteiger partial charge >= 0.3 is 0 Å². The van der Waals surface area contributed by atoms with Gasteiger partial charge in [-0.2, -0.15) is 0 Å². The summed E-state index contributed by atoms with van der Waals surface area (Å²) in [5.41, 5.74) is 2.34. The zero-order valence-electron chi connectivity index (χ0n) is 9.94. The van der Waals surface area contributed by atoms with Crippen molar-refractivity contribution < 1.29 is 8.42 Å². The van der Waals surface area contributed by atoms with Gasteiger partial charge in [-0.25, -0.2) is 19.2 Å². The topological polar surface area (TPSA) is 88.3 Å². The van der Waals surface area contributed by atoms with E-state index in [2.05, 4.69) is 10.4 Å². The molecule has 3 N–H and O–H groups in total. The van der Waals surface area contributed by atoms with Gasteiger partial charge in [0, 0.05) is 19.8 Å². The fourth-order valence-electron chi connectivity index (χ4n) is 1.23. The van der Waals surface area contributed by atoms with Crippen LogP contribution in [-0.4, -0.2) is 39.0 Å². The molecule has 0 unspecified atom stereocenters. The first-order chi connectivity index (χ1) is 8.24. The Morgan fingerprint density at radius 2 is 2.06 bits per heavy atom. The van der Waals surface area contributed by atoms with E-state index in [9.17, 15) is 8.42 Å². The summed E-state index contributed by atoms with van der Waals surface area (Å²) in [5.74, 6) is 5.96. The van der Waals surface area contributed by atoms with Crippen LogP contribution in [0.25, 0.3) is 0 Å². The number of rotatable bonds is 5. The van der Waals surface area contributed by atoms with E-state index >= 15 is 0 Å². The molecule has 0 saturated heterocycles. The van der Waals surface area contributed by atoms with Gasteiger partial charge in [0.1, 0.15) is 15.7 Å². The second-order valence-electron chi connectivity index (χ2n) is 3.82. The van der Waals surface area contributed by atoms with Crippen LogP contribution >= 0.6 is 23.2 Å². The van der Waals surface area contributed by atoms with Gasteiger partial charge in [0.15, 0.2) is 5.82 Å². The second kappa shape index (κ2) is 5.92. The summed E-state index contributed by atoms with van der Waals surface area (Å²) in [5, 5.41) is 0.623. The minimum Gasteiger partial charge on any atom is -0.357 e. The molecule has 1 aromatic rings. The van der Waals surface area contributed by atoms with Gasteiger partial charge in [-0.3, -0.25) is 0 Å². The Bertz CT molecular complexity index is 536. The molecule has 0 radical (unpaired) electrons. The van der Waals surface area contributed by atoms with Gasteiger partial charge in [0.05, 0.1) is 15.8 Å². The van der Waals surface area contributed by atoms with E-state index in [4.69, 9.17) is 29.0 Å². The van der Waals surface area contributed by atoms with Crippen LogP contribution in [0.5, 0.6) is 0 Å². The van der Waals surface area contributed by atoms with Crippen LogP contribution in [0.4, 0.5) is 11.6 Å². The number of hydrogen-bond donors (Lipinski definition) is 2. The molecule has 9 heteroatoms. The highest BCUT2D eigenvalue weighted by Crippen LogP contribution is 2.30. The van der Waals surface area contributed by atoms with Crippen LogP contribution in [0, 0.1) is 0 Å². The van der Waals surface area contributed by atoms with E-state index in [0.717, 1.165) is 0 Å². The molecule has 6 nitrogen and oxygen atoms in total. The number of aromatic nitrogens is 1. The molecule has 0 aromatic carbocycles. The maximum atomic E-state index is 11.1. The molecule has 0 aliphatic carbocycles. The van der Waals surface area contributed by atoms with Gasteiger partial charge in [0.25, 0.3) is 0 Å². The molecule has 0 aliphatic heterocycles. The first-order valence-corrected chi connectivity index (χ1v) is 7.77. The van der Waals surface area contributed by atoms with Crippen molar-refractivity contribution in [2.75, 3.05) is 35.9 Å². The standard InChI is InChI=1S/C9H14Cl2N4O2S/c1-15(3-4-18(2,16)17)9-7(11)5-6(10)8(13-9)14-12/h5H,3-4,12H2,1-2H3,(H,13,14). The van der Waals surface area contributed by atoms with Gasteiger partial charge in [-0.1, -0.05) is 23.2 Å². The predicted octanol–water partition coefficient (Wildman–Crippen LogP) is 1.15. The van der Waals surface area contributed by atoms with Gasteiger partial charge < -0.3 is 10.3 Å². The number of hydrogen-bond acceptors (Lipinski definition) is 6. The van der Waals surface area contributed by atoms with Crippen molar-refractivity contribution in [3.63, 3.8) is 0 Å². The SMILES string of the molecule is CN(CCS(C)(=O)=O)c1nc(NN)c(Cl)cc1Cl. The van der Waals surface area contributed by atoms with Crippen molar-refractivity contribution in [2.24, 2.45) is 5.84 Å². The van der Waals surface area contributed by atoms with E-state index in [-0.39, 0.29) is 18.1 Å². The maximum absolute atomic E-state index is 11.1. The molecule has 1 aromatic heterocycles. The molecule has 0 aliphatic rings. The summed E-state index contributed by atoms with van der Waals surface area (Å²) in [6.07, 6.45) is 1.17. The summed E-state index contributed by atoms with van der Waals surface area (Å²) in [7, 11) is -1.35. The lowest BCUT2D eigenvalue weighted by atomic mass is 10.4. The molecule has 1 heterocycles. The van der Waals surface area contributed by atoms with Crippen LogP contribution in [0.3, 0.4) is 0 Å². The van der Waals surface area contributed by atoms with E-state index in [1.165, 1.54) is 12.3 Å². The van der Waals surface area contributed by atoms with Gasteiger partial charge in [0.2, 0.25) is 0 Å². The molecule has 18 heavy (non-hydrogen) atoms. The first-order valence-electron chi connectivity index (χ1n) is 4.96. The second-order valence-corrected chi connectivity index (χ2v) is 6.89. The van der Waals surface area contributed by atoms with Crippen molar-refractivity contribution in [1.82, 2.24) is 4.98 Å². The molecule has 0 bridgehead atoms. The third-order valence-corrected chi connectivity index (χ3v) is 3.70. The average Bonchev–Trinajstić information content (AvgIpc) is 2.25. The van der Waals surface area contributed by atoms with E-state index < -0.39 is 9.84 Å². The number of nitrogens with zero attached hydrogens (tertiary/aromatic N) is 2. The van der Waals surface area contributed by atoms with Crippen LogP contribution < -0.4 is 16.2 Å². The summed E-state index contributed by atoms with van der Waals surface area (Å²) < 4.78 is 22.2. The highest BCUT2D eigenvalue weighted by molar-refractivity contribution is 7.90. The average molecular weight is 313 g/mol. The fourth-order valence-corrected chi connectivity index (χ4v) is 2.40. The highest BCUT2D eigenvalue weighted by atomic mass is 35.5. The Morgan fingerprint density at radius 3 is 2.56 bits per heavy atom. The molecule has 0 saturated carbocycles. The van der Waals surface area contributed by atoms with Crippen molar-refractivity contribution >= 4 is 44.7 Å². The van der Waals surface area contributed by atoms with Crippen molar-refractivity contribution in [3.8, 4) is 0 Å². The summed E-state index contributed by atoms with van der Waals surface area (Å²) in [4.78, 5) is 5.75. The van der Waals surface area contributed by atoms with E-state index in [0.29, 0.717) is 15.9 Å². The van der Waals surface area contributed by atoms with E-state index in [1.807, 2.05) is 0 Å². The zero-order chi connectivity index (χ0) is 13.9. The molecule has 0 atom stereocenters. The Kier molecular flexibility index (Phi) is 5.03. The molecule has 0 spiro atoms. The van der Waals surface area contributed by atoms with Crippen LogP contribution in [0.2, 0.25) is 10.0 Å². The molecule has 1 rings (SSSR count). The minimum atomic E-state index is -3.04. The smallest absolute Gasteiger partial charge is 0.161 e. The van der Waals surface area contributed by atoms with Crippen LogP contribution in [0.15, 0.2) is 6.07 Å². The number of nitrogen functional groups attached to an aromatic ring is 1. The normalized spacial score (nSPS) is 11.4. The Labute approximate surface area is 116 Å². The lowest BCUT2D eigenvalue weighted by molar-refractivity contribution is 0.601. The van der Waals surface area contributed by atoms with Crippen molar-refractivity contribution in [2.45, 2.75) is 0 Å². The molecule has 0 amide bonds. The number of halogens is 2. The number of nitrogens with two attached hydrogens (primary N) is 1. The zero-order valence-corrected chi connectivity index (χ0v) is 12.3. The van der Waals surface area contributed by atoms with Crippen LogP contribution in [0.1, 0.15) is 0 Å². The summed E-state index contributed by atoms with van der Waals surface area (Å²) >= 11 is 11.8. The Hall–Kier alpha value is -0.760.